The normalized spacial score (nSPS) is 13.8. The summed E-state index contributed by atoms with van der Waals surface area (Å²) in [4.78, 5) is 12.5. The lowest BCUT2D eigenvalue weighted by molar-refractivity contribution is 0.137. The molecule has 0 saturated heterocycles. The van der Waals surface area contributed by atoms with Crippen LogP contribution in [0.25, 0.3) is 11.1 Å². The van der Waals surface area contributed by atoms with Gasteiger partial charge in [0.25, 0.3) is 0 Å². The number of tetrazole rings is 1. The SMILES string of the molecule is CC(C)C[C@@H](NC(=O)OCC1c2ccccc2-c2ccccc21)c1nn[nH]n1. The Balaban J connectivity index is 1.46. The molecule has 2 N–H and O–H groups in total. The number of nitrogens with one attached hydrogen (secondary N) is 2. The number of ether oxygens (including phenoxy) is 1. The maximum Gasteiger partial charge on any atom is 0.407 e. The number of benzene rings is 2. The van der Waals surface area contributed by atoms with Gasteiger partial charge < -0.3 is 10.1 Å². The number of hydrogen-bond donors (Lipinski definition) is 2. The summed E-state index contributed by atoms with van der Waals surface area (Å²) in [6, 6.07) is 16.2. The molecule has 2 aromatic carbocycles. The van der Waals surface area contributed by atoms with Crippen molar-refractivity contribution in [3.63, 3.8) is 0 Å². The average molecular weight is 377 g/mol. The van der Waals surface area contributed by atoms with Crippen molar-refractivity contribution in [1.29, 1.82) is 0 Å². The van der Waals surface area contributed by atoms with Gasteiger partial charge in [-0.3, -0.25) is 0 Å². The number of hydrogen-bond acceptors (Lipinski definition) is 5. The van der Waals surface area contributed by atoms with Crippen molar-refractivity contribution in [3.05, 3.63) is 65.5 Å². The smallest absolute Gasteiger partial charge is 0.407 e. The van der Waals surface area contributed by atoms with Gasteiger partial charge in [0, 0.05) is 5.92 Å². The van der Waals surface area contributed by atoms with Crippen LogP contribution in [0.4, 0.5) is 4.79 Å². The molecule has 1 aliphatic carbocycles. The second-order valence-corrected chi connectivity index (χ2v) is 7.42. The molecule has 1 aliphatic rings. The van der Waals surface area contributed by atoms with Crippen LogP contribution >= 0.6 is 0 Å². The zero-order valence-corrected chi connectivity index (χ0v) is 15.9. The maximum absolute atomic E-state index is 12.5. The first-order valence-corrected chi connectivity index (χ1v) is 9.48. The van der Waals surface area contributed by atoms with E-state index in [1.165, 1.54) is 22.3 Å². The van der Waals surface area contributed by atoms with Crippen molar-refractivity contribution < 1.29 is 9.53 Å². The van der Waals surface area contributed by atoms with Gasteiger partial charge in [-0.2, -0.15) is 5.21 Å². The highest BCUT2D eigenvalue weighted by atomic mass is 16.5. The van der Waals surface area contributed by atoms with E-state index in [1.807, 2.05) is 24.3 Å². The Morgan fingerprint density at radius 3 is 2.32 bits per heavy atom. The van der Waals surface area contributed by atoms with Crippen LogP contribution in [0.3, 0.4) is 0 Å². The van der Waals surface area contributed by atoms with E-state index in [4.69, 9.17) is 4.74 Å². The van der Waals surface area contributed by atoms with Gasteiger partial charge >= 0.3 is 6.09 Å². The molecule has 1 aromatic heterocycles. The summed E-state index contributed by atoms with van der Waals surface area (Å²) in [5.74, 6) is 0.853. The number of amides is 1. The quantitative estimate of drug-likeness (QED) is 0.681. The highest BCUT2D eigenvalue weighted by Gasteiger charge is 2.29. The van der Waals surface area contributed by atoms with Gasteiger partial charge in [-0.15, -0.1) is 10.2 Å². The van der Waals surface area contributed by atoms with E-state index in [1.54, 1.807) is 0 Å². The van der Waals surface area contributed by atoms with Crippen LogP contribution in [0.1, 0.15) is 49.2 Å². The molecule has 144 valence electrons. The minimum Gasteiger partial charge on any atom is -0.449 e. The van der Waals surface area contributed by atoms with Crippen LogP contribution in [0, 0.1) is 5.92 Å². The van der Waals surface area contributed by atoms with Gasteiger partial charge in [0.15, 0.2) is 5.82 Å². The number of fused-ring (bicyclic) bond motifs is 3. The summed E-state index contributed by atoms with van der Waals surface area (Å²) < 4.78 is 5.61. The molecular weight excluding hydrogens is 354 g/mol. The topological polar surface area (TPSA) is 92.8 Å². The molecule has 0 bridgehead atoms. The fourth-order valence-corrected chi connectivity index (χ4v) is 3.80. The maximum atomic E-state index is 12.5. The number of alkyl carbamates (subject to hydrolysis) is 1. The van der Waals surface area contributed by atoms with E-state index in [0.717, 1.165) is 0 Å². The summed E-state index contributed by atoms with van der Waals surface area (Å²) in [7, 11) is 0. The first kappa shape index (κ1) is 18.2. The molecule has 3 aromatic rings. The van der Waals surface area contributed by atoms with E-state index < -0.39 is 6.09 Å². The molecule has 0 spiro atoms. The third-order valence-corrected chi connectivity index (χ3v) is 5.02. The molecule has 4 rings (SSSR count). The third-order valence-electron chi connectivity index (χ3n) is 5.02. The molecule has 1 atom stereocenters. The van der Waals surface area contributed by atoms with Crippen LogP contribution < -0.4 is 5.32 Å². The van der Waals surface area contributed by atoms with Crippen molar-refractivity contribution in [3.8, 4) is 11.1 Å². The van der Waals surface area contributed by atoms with E-state index in [9.17, 15) is 4.79 Å². The van der Waals surface area contributed by atoms with Crippen LogP contribution in [-0.4, -0.2) is 33.3 Å². The van der Waals surface area contributed by atoms with Crippen molar-refractivity contribution in [2.45, 2.75) is 32.2 Å². The minimum atomic E-state index is -0.475. The van der Waals surface area contributed by atoms with Gasteiger partial charge in [-0.25, -0.2) is 4.79 Å². The molecule has 28 heavy (non-hydrogen) atoms. The summed E-state index contributed by atoms with van der Waals surface area (Å²) in [6.07, 6.45) is 0.223. The Hall–Kier alpha value is -3.22. The molecule has 7 heteroatoms. The highest BCUT2D eigenvalue weighted by molar-refractivity contribution is 5.79. The number of rotatable bonds is 6. The number of H-pyrrole nitrogens is 1. The van der Waals surface area contributed by atoms with E-state index >= 15 is 0 Å². The van der Waals surface area contributed by atoms with Gasteiger partial charge in [-0.1, -0.05) is 67.6 Å². The van der Waals surface area contributed by atoms with Crippen LogP contribution in [0.15, 0.2) is 48.5 Å². The molecular formula is C21H23N5O2. The van der Waals surface area contributed by atoms with Crippen LogP contribution in [0.5, 0.6) is 0 Å². The van der Waals surface area contributed by atoms with Gasteiger partial charge in [0.1, 0.15) is 6.61 Å². The third kappa shape index (κ3) is 3.60. The number of carbonyl (C=O) groups is 1. The largest absolute Gasteiger partial charge is 0.449 e. The molecule has 1 amide bonds. The predicted octanol–water partition coefficient (Wildman–Crippen LogP) is 3.83. The molecule has 0 unspecified atom stereocenters. The standard InChI is InChI=1S/C21H23N5O2/c1-13(2)11-19(20-23-25-26-24-20)22-21(27)28-12-18-16-9-5-3-7-14(16)15-8-4-6-10-17(15)18/h3-10,13,18-19H,11-12H2,1-2H3,(H,22,27)(H,23,24,25,26)/t19-/m1/s1. The first-order chi connectivity index (χ1) is 13.6. The molecule has 0 saturated carbocycles. The number of nitrogens with zero attached hydrogens (tertiary/aromatic N) is 3. The van der Waals surface area contributed by atoms with Crippen LogP contribution in [-0.2, 0) is 4.74 Å². The van der Waals surface area contributed by atoms with Gasteiger partial charge in [-0.05, 0) is 34.6 Å². The van der Waals surface area contributed by atoms with Gasteiger partial charge in [0.2, 0.25) is 0 Å². The summed E-state index contributed by atoms with van der Waals surface area (Å²) in [6.45, 7) is 4.43. The molecule has 0 aliphatic heterocycles. The lowest BCUT2D eigenvalue weighted by atomic mass is 9.98. The zero-order chi connectivity index (χ0) is 19.5. The predicted molar refractivity (Wildman–Crippen MR) is 105 cm³/mol. The fourth-order valence-electron chi connectivity index (χ4n) is 3.80. The fraction of sp³-hybridized carbons (Fsp3) is 0.333. The Morgan fingerprint density at radius 1 is 1.11 bits per heavy atom. The summed E-state index contributed by atoms with van der Waals surface area (Å²) in [5, 5.41) is 16.9. The lowest BCUT2D eigenvalue weighted by Crippen LogP contribution is -2.31. The first-order valence-electron chi connectivity index (χ1n) is 9.48. The molecule has 0 radical (unpaired) electrons. The van der Waals surface area contributed by atoms with Crippen LogP contribution in [0.2, 0.25) is 0 Å². The Morgan fingerprint density at radius 2 is 1.75 bits per heavy atom. The van der Waals surface area contributed by atoms with Gasteiger partial charge in [0.05, 0.1) is 6.04 Å². The highest BCUT2D eigenvalue weighted by Crippen LogP contribution is 2.44. The number of carbonyl (C=O) groups excluding carboxylic acids is 1. The lowest BCUT2D eigenvalue weighted by Gasteiger charge is -2.19. The van der Waals surface area contributed by atoms with E-state index in [0.29, 0.717) is 18.2 Å². The van der Waals surface area contributed by atoms with E-state index in [-0.39, 0.29) is 18.6 Å². The van der Waals surface area contributed by atoms with Crippen molar-refractivity contribution in [1.82, 2.24) is 25.9 Å². The minimum absolute atomic E-state index is 0.0341. The van der Waals surface area contributed by atoms with Crippen molar-refractivity contribution >= 4 is 6.09 Å². The Kier molecular flexibility index (Phi) is 5.06. The summed E-state index contributed by atoms with van der Waals surface area (Å²) >= 11 is 0. The zero-order valence-electron chi connectivity index (χ0n) is 15.9. The molecule has 1 heterocycles. The molecule has 0 fully saturated rings. The Labute approximate surface area is 163 Å². The molecule has 7 nitrogen and oxygen atoms in total. The number of aromatic amines is 1. The summed E-state index contributed by atoms with van der Waals surface area (Å²) in [5.41, 5.74) is 4.79. The Bertz CT molecular complexity index is 909. The van der Waals surface area contributed by atoms with Crippen molar-refractivity contribution in [2.24, 2.45) is 5.92 Å². The monoisotopic (exact) mass is 377 g/mol. The second kappa shape index (κ2) is 7.80. The van der Waals surface area contributed by atoms with E-state index in [2.05, 4.69) is 64.1 Å². The number of aromatic nitrogens is 4. The van der Waals surface area contributed by atoms with Crippen molar-refractivity contribution in [2.75, 3.05) is 6.61 Å². The average Bonchev–Trinajstić information content (AvgIpc) is 3.32. The second-order valence-electron chi connectivity index (χ2n) is 7.42.